The number of para-hydroxylation sites is 1. The van der Waals surface area contributed by atoms with E-state index in [1.54, 1.807) is 42.6 Å². The molecular formula is C31H23Br2N3O5. The molecule has 0 fully saturated rings. The van der Waals surface area contributed by atoms with Gasteiger partial charge in [0.1, 0.15) is 6.61 Å². The van der Waals surface area contributed by atoms with Gasteiger partial charge in [0, 0.05) is 15.6 Å². The van der Waals surface area contributed by atoms with Crippen molar-refractivity contribution >= 4 is 54.9 Å². The van der Waals surface area contributed by atoms with Crippen LogP contribution in [0.25, 0.3) is 22.3 Å². The van der Waals surface area contributed by atoms with Crippen LogP contribution >= 0.6 is 31.9 Å². The SMILES string of the molecule is CCOc1cc(C=Nn2c(-c3ccccc3)nc3ccccc3c2=O)c(Br)c(Br)c1OCc1ccc(C(=O)O)cc1. The van der Waals surface area contributed by atoms with Crippen LogP contribution in [0.2, 0.25) is 0 Å². The average Bonchev–Trinajstić information content (AvgIpc) is 2.99. The lowest BCUT2D eigenvalue weighted by Crippen LogP contribution is -2.20. The number of fused-ring (bicyclic) bond motifs is 1. The first-order valence-electron chi connectivity index (χ1n) is 12.6. The first-order valence-corrected chi connectivity index (χ1v) is 14.2. The van der Waals surface area contributed by atoms with Gasteiger partial charge in [-0.3, -0.25) is 4.79 Å². The molecule has 5 aromatic rings. The lowest BCUT2D eigenvalue weighted by Gasteiger charge is -2.16. The topological polar surface area (TPSA) is 103 Å². The van der Waals surface area contributed by atoms with E-state index < -0.39 is 5.97 Å². The summed E-state index contributed by atoms with van der Waals surface area (Å²) in [4.78, 5) is 29.4. The van der Waals surface area contributed by atoms with Crippen LogP contribution in [-0.4, -0.2) is 33.6 Å². The molecule has 0 aliphatic carbocycles. The molecule has 0 saturated carbocycles. The third-order valence-electron chi connectivity index (χ3n) is 6.14. The number of halogens is 2. The second-order valence-corrected chi connectivity index (χ2v) is 10.4. The number of hydrogen-bond acceptors (Lipinski definition) is 6. The number of nitrogens with zero attached hydrogens (tertiary/aromatic N) is 3. The minimum absolute atomic E-state index is 0.192. The van der Waals surface area contributed by atoms with E-state index in [2.05, 4.69) is 37.0 Å². The monoisotopic (exact) mass is 675 g/mol. The van der Waals surface area contributed by atoms with Crippen LogP contribution in [0, 0.1) is 0 Å². The summed E-state index contributed by atoms with van der Waals surface area (Å²) in [5, 5.41) is 14.2. The Kier molecular flexibility index (Phi) is 8.61. The number of carbonyl (C=O) groups is 1. The summed E-state index contributed by atoms with van der Waals surface area (Å²) >= 11 is 7.23. The maximum Gasteiger partial charge on any atom is 0.335 e. The van der Waals surface area contributed by atoms with E-state index >= 15 is 0 Å². The van der Waals surface area contributed by atoms with Gasteiger partial charge in [-0.15, -0.1) is 0 Å². The Hall–Kier alpha value is -4.28. The van der Waals surface area contributed by atoms with Crippen molar-refractivity contribution in [3.63, 3.8) is 0 Å². The van der Waals surface area contributed by atoms with Crippen LogP contribution in [0.4, 0.5) is 0 Å². The first kappa shape index (κ1) is 28.3. The fraction of sp³-hybridized carbons (Fsp3) is 0.0968. The van der Waals surface area contributed by atoms with E-state index in [0.29, 0.717) is 49.3 Å². The molecule has 0 aliphatic rings. The van der Waals surface area contributed by atoms with Gasteiger partial charge in [0.2, 0.25) is 0 Å². The summed E-state index contributed by atoms with van der Waals surface area (Å²) in [6.07, 6.45) is 1.57. The third kappa shape index (κ3) is 6.08. The Morgan fingerprint density at radius 2 is 1.68 bits per heavy atom. The maximum absolute atomic E-state index is 13.5. The third-order valence-corrected chi connectivity index (χ3v) is 8.28. The van der Waals surface area contributed by atoms with Gasteiger partial charge in [-0.2, -0.15) is 9.78 Å². The van der Waals surface area contributed by atoms with Crippen LogP contribution in [0.15, 0.2) is 104 Å². The second kappa shape index (κ2) is 12.5. The van der Waals surface area contributed by atoms with Crippen molar-refractivity contribution in [3.05, 3.63) is 121 Å². The molecule has 1 N–H and O–H groups in total. The molecule has 5 rings (SSSR count). The van der Waals surface area contributed by atoms with E-state index in [1.807, 2.05) is 43.3 Å². The van der Waals surface area contributed by atoms with Gasteiger partial charge in [0.15, 0.2) is 17.3 Å². The fourth-order valence-electron chi connectivity index (χ4n) is 4.12. The molecule has 1 heterocycles. The Morgan fingerprint density at radius 1 is 0.976 bits per heavy atom. The zero-order valence-electron chi connectivity index (χ0n) is 21.8. The van der Waals surface area contributed by atoms with Gasteiger partial charge in [0.25, 0.3) is 5.56 Å². The molecule has 0 aliphatic heterocycles. The van der Waals surface area contributed by atoms with Crippen molar-refractivity contribution in [1.82, 2.24) is 9.66 Å². The number of aromatic nitrogens is 2. The molecule has 0 spiro atoms. The van der Waals surface area contributed by atoms with Crippen molar-refractivity contribution in [1.29, 1.82) is 0 Å². The van der Waals surface area contributed by atoms with Crippen LogP contribution in [-0.2, 0) is 6.61 Å². The van der Waals surface area contributed by atoms with E-state index in [-0.39, 0.29) is 17.7 Å². The van der Waals surface area contributed by atoms with E-state index in [1.165, 1.54) is 16.8 Å². The van der Waals surface area contributed by atoms with Gasteiger partial charge >= 0.3 is 5.97 Å². The molecule has 0 saturated heterocycles. The molecule has 206 valence electrons. The minimum atomic E-state index is -0.988. The van der Waals surface area contributed by atoms with Crippen LogP contribution in [0.1, 0.15) is 28.4 Å². The predicted molar refractivity (Wildman–Crippen MR) is 165 cm³/mol. The lowest BCUT2D eigenvalue weighted by molar-refractivity contribution is 0.0697. The van der Waals surface area contributed by atoms with Crippen LogP contribution in [0.3, 0.4) is 0 Å². The number of rotatable bonds is 9. The predicted octanol–water partition coefficient (Wildman–Crippen LogP) is 7.15. The molecule has 0 bridgehead atoms. The standard InChI is InChI=1S/C31H23Br2N3O5/c1-2-40-25-16-22(26(32)27(33)28(25)41-18-19-12-14-21(15-13-19)31(38)39)17-34-36-29(20-8-4-3-5-9-20)35-24-11-7-6-10-23(24)30(36)37/h3-17H,2,18H2,1H3,(H,38,39). The number of ether oxygens (including phenoxy) is 2. The van der Waals surface area contributed by atoms with Crippen molar-refractivity contribution in [2.24, 2.45) is 5.10 Å². The van der Waals surface area contributed by atoms with Crippen molar-refractivity contribution in [2.75, 3.05) is 6.61 Å². The van der Waals surface area contributed by atoms with Crippen molar-refractivity contribution in [2.45, 2.75) is 13.5 Å². The Labute approximate surface area is 252 Å². The van der Waals surface area contributed by atoms with Crippen LogP contribution in [0.5, 0.6) is 11.5 Å². The summed E-state index contributed by atoms with van der Waals surface area (Å²) in [7, 11) is 0. The molecule has 10 heteroatoms. The molecule has 0 atom stereocenters. The Morgan fingerprint density at radius 3 is 2.39 bits per heavy atom. The summed E-state index contributed by atoms with van der Waals surface area (Å²) in [6.45, 7) is 2.45. The summed E-state index contributed by atoms with van der Waals surface area (Å²) in [6, 6.07) is 24.8. The van der Waals surface area contributed by atoms with Gasteiger partial charge in [-0.05, 0) is 74.7 Å². The van der Waals surface area contributed by atoms with E-state index in [0.717, 1.165) is 11.1 Å². The zero-order chi connectivity index (χ0) is 28.9. The van der Waals surface area contributed by atoms with Crippen molar-refractivity contribution < 1.29 is 19.4 Å². The molecule has 41 heavy (non-hydrogen) atoms. The molecule has 8 nitrogen and oxygen atoms in total. The van der Waals surface area contributed by atoms with Crippen LogP contribution < -0.4 is 15.0 Å². The number of aromatic carboxylic acids is 1. The van der Waals surface area contributed by atoms with E-state index in [4.69, 9.17) is 19.6 Å². The van der Waals surface area contributed by atoms with Gasteiger partial charge in [0.05, 0.1) is 33.8 Å². The molecule has 4 aromatic carbocycles. The number of carboxylic acids is 1. The second-order valence-electron chi connectivity index (χ2n) is 8.82. The average molecular weight is 677 g/mol. The molecular weight excluding hydrogens is 654 g/mol. The fourth-order valence-corrected chi connectivity index (χ4v) is 5.06. The molecule has 0 amide bonds. The van der Waals surface area contributed by atoms with Gasteiger partial charge in [-0.25, -0.2) is 9.78 Å². The summed E-state index contributed by atoms with van der Waals surface area (Å²) < 4.78 is 14.5. The Balaban J connectivity index is 1.53. The maximum atomic E-state index is 13.5. The highest BCUT2D eigenvalue weighted by Gasteiger charge is 2.18. The van der Waals surface area contributed by atoms with Gasteiger partial charge < -0.3 is 14.6 Å². The van der Waals surface area contributed by atoms with E-state index in [9.17, 15) is 9.59 Å². The molecule has 1 aromatic heterocycles. The quantitative estimate of drug-likeness (QED) is 0.166. The smallest absolute Gasteiger partial charge is 0.335 e. The minimum Gasteiger partial charge on any atom is -0.490 e. The highest BCUT2D eigenvalue weighted by molar-refractivity contribution is 9.13. The lowest BCUT2D eigenvalue weighted by atomic mass is 10.1. The highest BCUT2D eigenvalue weighted by atomic mass is 79.9. The first-order chi connectivity index (χ1) is 19.9. The number of carboxylic acid groups (broad SMARTS) is 1. The summed E-state index contributed by atoms with van der Waals surface area (Å²) in [5.41, 5.74) is 2.68. The van der Waals surface area contributed by atoms with Crippen molar-refractivity contribution in [3.8, 4) is 22.9 Å². The number of hydrogen-bond donors (Lipinski definition) is 1. The largest absolute Gasteiger partial charge is 0.490 e. The summed E-state index contributed by atoms with van der Waals surface area (Å²) in [5.74, 6) is 0.364. The molecule has 0 radical (unpaired) electrons. The number of benzene rings is 4. The zero-order valence-corrected chi connectivity index (χ0v) is 24.9. The Bertz CT molecular complexity index is 1820. The normalized spacial score (nSPS) is 11.2. The highest BCUT2D eigenvalue weighted by Crippen LogP contribution is 2.43. The van der Waals surface area contributed by atoms with Gasteiger partial charge in [-0.1, -0.05) is 54.6 Å². The molecule has 0 unspecified atom stereocenters.